The van der Waals surface area contributed by atoms with Crippen LogP contribution in [0.15, 0.2) is 54.4 Å². The molecule has 1 aromatic rings. The molecule has 26 heavy (non-hydrogen) atoms. The van der Waals surface area contributed by atoms with Gasteiger partial charge in [-0.05, 0) is 63.1 Å². The second kappa shape index (κ2) is 22.7. The second-order valence-corrected chi connectivity index (χ2v) is 5.57. The number of hydrogen-bond acceptors (Lipinski definition) is 3. The summed E-state index contributed by atoms with van der Waals surface area (Å²) < 4.78 is 0. The highest BCUT2D eigenvalue weighted by molar-refractivity contribution is 5.91. The molecule has 0 saturated heterocycles. The minimum absolute atomic E-state index is 0.0499. The van der Waals surface area contributed by atoms with Gasteiger partial charge < -0.3 is 5.41 Å². The first-order valence-corrected chi connectivity index (χ1v) is 9.22. The molecular weight excluding hydrogens is 320 g/mol. The fourth-order valence-corrected chi connectivity index (χ4v) is 1.65. The fourth-order valence-electron chi connectivity index (χ4n) is 1.65. The van der Waals surface area contributed by atoms with Crippen molar-refractivity contribution in [2.45, 2.75) is 61.3 Å². The number of pyridine rings is 1. The van der Waals surface area contributed by atoms with Gasteiger partial charge in [-0.2, -0.15) is 0 Å². The molecule has 0 aromatic carbocycles. The Balaban J connectivity index is -0.000000341. The van der Waals surface area contributed by atoms with Crippen LogP contribution in [0.1, 0.15) is 66.9 Å². The minimum Gasteiger partial charge on any atom is -0.317 e. The average molecular weight is 359 g/mol. The molecule has 1 aromatic heterocycles. The molecule has 3 nitrogen and oxygen atoms in total. The van der Waals surface area contributed by atoms with Crippen LogP contribution in [0.2, 0.25) is 0 Å². The quantitative estimate of drug-likeness (QED) is 0.341. The molecule has 0 aliphatic carbocycles. The first kappa shape index (κ1) is 28.5. The van der Waals surface area contributed by atoms with Crippen molar-refractivity contribution >= 4 is 18.6 Å². The van der Waals surface area contributed by atoms with Gasteiger partial charge in [-0.25, -0.2) is 0 Å². The van der Waals surface area contributed by atoms with Crippen molar-refractivity contribution < 1.29 is 4.79 Å². The minimum atomic E-state index is 0.0499. The molecule has 0 spiro atoms. The van der Waals surface area contributed by atoms with E-state index in [9.17, 15) is 4.79 Å². The highest BCUT2D eigenvalue weighted by Crippen LogP contribution is 2.04. The van der Waals surface area contributed by atoms with E-state index in [1.165, 1.54) is 18.6 Å². The number of nitrogens with one attached hydrogen (secondary N) is 1. The van der Waals surface area contributed by atoms with Crippen LogP contribution in [0.4, 0.5) is 0 Å². The van der Waals surface area contributed by atoms with E-state index in [0.717, 1.165) is 18.4 Å². The number of hydrogen-bond donors (Lipinski definition) is 1. The Morgan fingerprint density at radius 2 is 1.88 bits per heavy atom. The van der Waals surface area contributed by atoms with Crippen molar-refractivity contribution in [3.8, 4) is 0 Å². The molecule has 0 aliphatic heterocycles. The van der Waals surface area contributed by atoms with Crippen molar-refractivity contribution in [1.29, 1.82) is 5.41 Å². The van der Waals surface area contributed by atoms with Crippen LogP contribution in [0, 0.1) is 11.3 Å². The smallest absolute Gasteiger partial charge is 0.152 e. The SMILES string of the molecule is C=N.CC.CC(=O)/C=C/c1cccnc1.CC/C=C(/C)CC=CC(C)C. The Morgan fingerprint density at radius 3 is 2.31 bits per heavy atom. The average Bonchev–Trinajstić information content (AvgIpc) is 2.65. The molecule has 1 heterocycles. The number of carbonyl (C=O) groups excluding carboxylic acids is 1. The Hall–Kier alpha value is -2.29. The zero-order valence-electron chi connectivity index (χ0n) is 17.8. The van der Waals surface area contributed by atoms with E-state index in [1.807, 2.05) is 26.0 Å². The Morgan fingerprint density at radius 1 is 1.27 bits per heavy atom. The molecule has 0 amide bonds. The summed E-state index contributed by atoms with van der Waals surface area (Å²) in [6.45, 7) is 16.8. The van der Waals surface area contributed by atoms with Gasteiger partial charge in [0.25, 0.3) is 0 Å². The summed E-state index contributed by atoms with van der Waals surface area (Å²) in [5.74, 6) is 0.735. The molecule has 0 radical (unpaired) electrons. The molecule has 146 valence electrons. The molecular formula is C23H38N2O. The van der Waals surface area contributed by atoms with Gasteiger partial charge in [-0.3, -0.25) is 9.78 Å². The first-order valence-electron chi connectivity index (χ1n) is 9.22. The van der Waals surface area contributed by atoms with E-state index in [1.54, 1.807) is 18.5 Å². The van der Waals surface area contributed by atoms with Gasteiger partial charge >= 0.3 is 0 Å². The standard InChI is InChI=1S/C11H20.C9H9NO.C2H6.CH3N/c1-5-7-11(4)9-6-8-10(2)3;1-8(11)4-5-9-3-2-6-10-7-9;2*1-2/h6-8,10H,5,9H2,1-4H3;2-7H,1H3;1-2H3;2H,1H2/b8-6?,11-7-;5-4+;;. The molecule has 1 rings (SSSR count). The van der Waals surface area contributed by atoms with Crippen molar-refractivity contribution in [3.05, 3.63) is 60.0 Å². The number of nitrogens with zero attached hydrogens (tertiary/aromatic N) is 1. The lowest BCUT2D eigenvalue weighted by atomic mass is 10.1. The van der Waals surface area contributed by atoms with E-state index in [2.05, 4.69) is 57.6 Å². The lowest BCUT2D eigenvalue weighted by molar-refractivity contribution is -0.112. The van der Waals surface area contributed by atoms with E-state index in [4.69, 9.17) is 5.41 Å². The predicted octanol–water partition coefficient (Wildman–Crippen LogP) is 6.92. The third kappa shape index (κ3) is 24.0. The maximum atomic E-state index is 10.5. The zero-order valence-corrected chi connectivity index (χ0v) is 17.8. The molecule has 1 N–H and O–H groups in total. The van der Waals surface area contributed by atoms with Gasteiger partial charge in [0, 0.05) is 12.4 Å². The molecule has 0 aliphatic rings. The topological polar surface area (TPSA) is 53.8 Å². The highest BCUT2D eigenvalue weighted by atomic mass is 16.1. The van der Waals surface area contributed by atoms with Crippen LogP contribution in [-0.2, 0) is 4.79 Å². The zero-order chi connectivity index (χ0) is 20.8. The van der Waals surface area contributed by atoms with Crippen LogP contribution in [0.3, 0.4) is 0 Å². The van der Waals surface area contributed by atoms with E-state index in [-0.39, 0.29) is 5.78 Å². The molecule has 0 saturated carbocycles. The van der Waals surface area contributed by atoms with Gasteiger partial charge in [0.2, 0.25) is 0 Å². The number of aromatic nitrogens is 1. The van der Waals surface area contributed by atoms with Crippen molar-refractivity contribution in [2.75, 3.05) is 0 Å². The van der Waals surface area contributed by atoms with Crippen molar-refractivity contribution in [3.63, 3.8) is 0 Å². The summed E-state index contributed by atoms with van der Waals surface area (Å²) in [5, 5.41) is 5.50. The van der Waals surface area contributed by atoms with E-state index >= 15 is 0 Å². The number of allylic oxidation sites excluding steroid dienone is 5. The normalized spacial score (nSPS) is 10.4. The van der Waals surface area contributed by atoms with Crippen molar-refractivity contribution in [2.24, 2.45) is 5.92 Å². The first-order chi connectivity index (χ1) is 12.5. The van der Waals surface area contributed by atoms with Crippen LogP contribution in [-0.4, -0.2) is 17.5 Å². The summed E-state index contributed by atoms with van der Waals surface area (Å²) in [6.07, 6.45) is 15.7. The predicted molar refractivity (Wildman–Crippen MR) is 118 cm³/mol. The molecule has 0 fully saturated rings. The molecule has 3 heteroatoms. The fraction of sp³-hybridized carbons (Fsp3) is 0.435. The second-order valence-electron chi connectivity index (χ2n) is 5.57. The lowest BCUT2D eigenvalue weighted by Gasteiger charge is -1.95. The Labute approximate surface area is 161 Å². The van der Waals surface area contributed by atoms with Gasteiger partial charge in [0.05, 0.1) is 0 Å². The summed E-state index contributed by atoms with van der Waals surface area (Å²) >= 11 is 0. The van der Waals surface area contributed by atoms with Gasteiger partial charge in [-0.15, -0.1) is 0 Å². The van der Waals surface area contributed by atoms with Crippen LogP contribution < -0.4 is 0 Å². The maximum absolute atomic E-state index is 10.5. The molecule has 0 bridgehead atoms. The van der Waals surface area contributed by atoms with E-state index < -0.39 is 0 Å². The van der Waals surface area contributed by atoms with E-state index in [0.29, 0.717) is 5.92 Å². The van der Waals surface area contributed by atoms with Gasteiger partial charge in [-0.1, -0.05) is 64.5 Å². The van der Waals surface area contributed by atoms with Crippen molar-refractivity contribution in [1.82, 2.24) is 4.98 Å². The summed E-state index contributed by atoms with van der Waals surface area (Å²) in [5.41, 5.74) is 2.42. The third-order valence-electron chi connectivity index (χ3n) is 2.71. The Bertz CT molecular complexity index is 514. The summed E-state index contributed by atoms with van der Waals surface area (Å²) in [4.78, 5) is 14.4. The number of carbonyl (C=O) groups is 1. The summed E-state index contributed by atoms with van der Waals surface area (Å²) in [7, 11) is 0. The maximum Gasteiger partial charge on any atom is 0.152 e. The van der Waals surface area contributed by atoms with Crippen LogP contribution in [0.25, 0.3) is 6.08 Å². The van der Waals surface area contributed by atoms with Gasteiger partial charge in [0.1, 0.15) is 0 Å². The number of rotatable bonds is 6. The molecule has 0 unspecified atom stereocenters. The monoisotopic (exact) mass is 358 g/mol. The van der Waals surface area contributed by atoms with Crippen LogP contribution in [0.5, 0.6) is 0 Å². The Kier molecular flexibility index (Phi) is 24.9. The van der Waals surface area contributed by atoms with Crippen LogP contribution >= 0.6 is 0 Å². The molecule has 0 atom stereocenters. The third-order valence-corrected chi connectivity index (χ3v) is 2.71. The van der Waals surface area contributed by atoms with Gasteiger partial charge in [0.15, 0.2) is 5.78 Å². The largest absolute Gasteiger partial charge is 0.317 e. The summed E-state index contributed by atoms with van der Waals surface area (Å²) in [6, 6.07) is 3.73. The highest BCUT2D eigenvalue weighted by Gasteiger charge is 1.86. The lowest BCUT2D eigenvalue weighted by Crippen LogP contribution is -1.80. The number of ketones is 1.